The fraction of sp³-hybridized carbons (Fsp3) is 0.611. The van der Waals surface area contributed by atoms with Crippen molar-refractivity contribution in [1.82, 2.24) is 25.4 Å². The van der Waals surface area contributed by atoms with E-state index in [2.05, 4.69) is 25.4 Å². The van der Waals surface area contributed by atoms with E-state index in [1.165, 1.54) is 11.8 Å². The van der Waals surface area contributed by atoms with Crippen molar-refractivity contribution in [3.05, 3.63) is 28.7 Å². The van der Waals surface area contributed by atoms with E-state index >= 15 is 0 Å². The molecule has 0 saturated heterocycles. The monoisotopic (exact) mass is 375 g/mol. The van der Waals surface area contributed by atoms with Gasteiger partial charge in [-0.05, 0) is 44.9 Å². The van der Waals surface area contributed by atoms with Gasteiger partial charge in [0.05, 0.1) is 0 Å². The third-order valence-corrected chi connectivity index (χ3v) is 5.52. The maximum Gasteiger partial charge on any atom is 0.223 e. The van der Waals surface area contributed by atoms with Crippen LogP contribution >= 0.6 is 11.8 Å². The second-order valence-electron chi connectivity index (χ2n) is 6.83. The Morgan fingerprint density at radius 2 is 1.81 bits per heavy atom. The summed E-state index contributed by atoms with van der Waals surface area (Å²) in [6, 6.07) is 0. The Labute approximate surface area is 157 Å². The van der Waals surface area contributed by atoms with Gasteiger partial charge in [0.15, 0.2) is 11.0 Å². The Hall–Kier alpha value is -1.96. The number of nitrogens with one attached hydrogen (secondary N) is 1. The average Bonchev–Trinajstić information content (AvgIpc) is 3.23. The highest BCUT2D eigenvalue weighted by Gasteiger charge is 2.41. The van der Waals surface area contributed by atoms with E-state index in [0.29, 0.717) is 24.6 Å². The maximum atomic E-state index is 12.7. The van der Waals surface area contributed by atoms with Crippen LogP contribution < -0.4 is 5.32 Å². The van der Waals surface area contributed by atoms with Gasteiger partial charge in [0.25, 0.3) is 0 Å². The summed E-state index contributed by atoms with van der Waals surface area (Å²) < 4.78 is 5.14. The van der Waals surface area contributed by atoms with Crippen molar-refractivity contribution in [2.75, 3.05) is 6.26 Å². The number of carbonyl (C=O) groups excluding carboxylic acids is 1. The van der Waals surface area contributed by atoms with Crippen molar-refractivity contribution >= 4 is 17.7 Å². The third-order valence-electron chi connectivity index (χ3n) is 4.98. The summed E-state index contributed by atoms with van der Waals surface area (Å²) >= 11 is 1.53. The summed E-state index contributed by atoms with van der Waals surface area (Å²) in [5, 5.41) is 8.02. The Morgan fingerprint density at radius 1 is 1.15 bits per heavy atom. The summed E-state index contributed by atoms with van der Waals surface area (Å²) in [6.45, 7) is 5.72. The highest BCUT2D eigenvalue weighted by atomic mass is 32.2. The van der Waals surface area contributed by atoms with E-state index in [9.17, 15) is 4.79 Å². The van der Waals surface area contributed by atoms with E-state index in [1.807, 2.05) is 20.1 Å². The molecule has 2 aromatic rings. The summed E-state index contributed by atoms with van der Waals surface area (Å²) in [4.78, 5) is 26.0. The molecule has 8 heteroatoms. The first kappa shape index (κ1) is 18.8. The number of amides is 1. The van der Waals surface area contributed by atoms with Crippen LogP contribution in [0.1, 0.15) is 60.8 Å². The van der Waals surface area contributed by atoms with Gasteiger partial charge in [-0.3, -0.25) is 4.79 Å². The van der Waals surface area contributed by atoms with Gasteiger partial charge in [0.2, 0.25) is 11.8 Å². The smallest absolute Gasteiger partial charge is 0.223 e. The second-order valence-corrected chi connectivity index (χ2v) is 7.61. The van der Waals surface area contributed by atoms with Gasteiger partial charge in [0, 0.05) is 24.7 Å². The number of hydrogen-bond acceptors (Lipinski definition) is 7. The number of aryl methyl sites for hydroxylation is 3. The van der Waals surface area contributed by atoms with Gasteiger partial charge in [-0.25, -0.2) is 9.97 Å². The molecule has 1 aliphatic carbocycles. The Balaban J connectivity index is 1.69. The summed E-state index contributed by atoms with van der Waals surface area (Å²) in [6.07, 6.45) is 6.78. The molecular weight excluding hydrogens is 350 g/mol. The van der Waals surface area contributed by atoms with Gasteiger partial charge in [-0.1, -0.05) is 29.8 Å². The number of carbonyl (C=O) groups is 1. The van der Waals surface area contributed by atoms with E-state index in [0.717, 1.165) is 47.8 Å². The lowest BCUT2D eigenvalue weighted by molar-refractivity contribution is -0.123. The zero-order valence-corrected chi connectivity index (χ0v) is 16.6. The van der Waals surface area contributed by atoms with Gasteiger partial charge < -0.3 is 9.84 Å². The van der Waals surface area contributed by atoms with Gasteiger partial charge in [0.1, 0.15) is 5.54 Å². The SMILES string of the molecule is CSc1nc(C)c(CCC(=O)NC2(c3noc(C)n3)CCCC2)c(C)n1. The van der Waals surface area contributed by atoms with Crippen LogP contribution in [-0.2, 0) is 16.8 Å². The van der Waals surface area contributed by atoms with Gasteiger partial charge in [-0.2, -0.15) is 4.98 Å². The predicted molar refractivity (Wildman–Crippen MR) is 98.9 cm³/mol. The summed E-state index contributed by atoms with van der Waals surface area (Å²) in [5.41, 5.74) is 2.45. The lowest BCUT2D eigenvalue weighted by Crippen LogP contribution is -2.44. The number of aromatic nitrogens is 4. The van der Waals surface area contributed by atoms with E-state index in [-0.39, 0.29) is 5.91 Å². The zero-order chi connectivity index (χ0) is 18.7. The van der Waals surface area contributed by atoms with Crippen LogP contribution in [0.2, 0.25) is 0 Å². The van der Waals surface area contributed by atoms with Crippen LogP contribution in [0.3, 0.4) is 0 Å². The van der Waals surface area contributed by atoms with Crippen molar-refractivity contribution in [2.24, 2.45) is 0 Å². The van der Waals surface area contributed by atoms with E-state index in [4.69, 9.17) is 4.52 Å². The molecule has 1 fully saturated rings. The van der Waals surface area contributed by atoms with Crippen molar-refractivity contribution in [3.63, 3.8) is 0 Å². The first-order chi connectivity index (χ1) is 12.4. The molecule has 0 aromatic carbocycles. The quantitative estimate of drug-likeness (QED) is 0.612. The van der Waals surface area contributed by atoms with Gasteiger partial charge in [-0.15, -0.1) is 0 Å². The molecule has 1 N–H and O–H groups in total. The van der Waals surface area contributed by atoms with Crippen LogP contribution in [0.4, 0.5) is 0 Å². The van der Waals surface area contributed by atoms with Crippen molar-refractivity contribution in [3.8, 4) is 0 Å². The summed E-state index contributed by atoms with van der Waals surface area (Å²) in [5.74, 6) is 1.13. The van der Waals surface area contributed by atoms with Crippen LogP contribution in [0, 0.1) is 20.8 Å². The minimum Gasteiger partial charge on any atom is -0.343 e. The Kier molecular flexibility index (Phi) is 5.60. The van der Waals surface area contributed by atoms with Crippen LogP contribution in [0.25, 0.3) is 0 Å². The normalized spacial score (nSPS) is 16.0. The van der Waals surface area contributed by atoms with Crippen LogP contribution in [0.5, 0.6) is 0 Å². The standard InChI is InChI=1S/C18H25N5O2S/c1-11-14(12(2)20-17(19-11)26-4)7-8-15(24)22-18(9-5-6-10-18)16-21-13(3)25-23-16/h5-10H2,1-4H3,(H,22,24). The molecule has 0 aliphatic heterocycles. The first-order valence-corrected chi connectivity index (χ1v) is 10.2. The van der Waals surface area contributed by atoms with Gasteiger partial charge >= 0.3 is 0 Å². The summed E-state index contributed by atoms with van der Waals surface area (Å²) in [7, 11) is 0. The number of thioether (sulfide) groups is 1. The molecule has 2 aromatic heterocycles. The highest BCUT2D eigenvalue weighted by molar-refractivity contribution is 7.98. The van der Waals surface area contributed by atoms with Crippen molar-refractivity contribution in [1.29, 1.82) is 0 Å². The number of nitrogens with zero attached hydrogens (tertiary/aromatic N) is 4. The molecule has 1 amide bonds. The largest absolute Gasteiger partial charge is 0.343 e. The van der Waals surface area contributed by atoms with Crippen molar-refractivity contribution in [2.45, 2.75) is 70.0 Å². The van der Waals surface area contributed by atoms with E-state index < -0.39 is 5.54 Å². The molecule has 2 heterocycles. The molecule has 1 saturated carbocycles. The first-order valence-electron chi connectivity index (χ1n) is 8.93. The molecule has 26 heavy (non-hydrogen) atoms. The number of rotatable bonds is 6. The topological polar surface area (TPSA) is 93.8 Å². The third kappa shape index (κ3) is 3.90. The molecule has 140 valence electrons. The molecular formula is C18H25N5O2S. The van der Waals surface area contributed by atoms with Crippen molar-refractivity contribution < 1.29 is 9.32 Å². The average molecular weight is 375 g/mol. The van der Waals surface area contributed by atoms with Crippen LogP contribution in [0.15, 0.2) is 9.68 Å². The number of hydrogen-bond donors (Lipinski definition) is 1. The lowest BCUT2D eigenvalue weighted by atomic mass is 9.95. The minimum absolute atomic E-state index is 0.00194. The predicted octanol–water partition coefficient (Wildman–Crippen LogP) is 3.03. The lowest BCUT2D eigenvalue weighted by Gasteiger charge is -2.26. The maximum absolute atomic E-state index is 12.7. The highest BCUT2D eigenvalue weighted by Crippen LogP contribution is 2.37. The fourth-order valence-corrected chi connectivity index (χ4v) is 4.06. The molecule has 0 bridgehead atoms. The Morgan fingerprint density at radius 3 is 2.35 bits per heavy atom. The molecule has 0 radical (unpaired) electrons. The Bertz CT molecular complexity index is 776. The van der Waals surface area contributed by atoms with Crippen LogP contribution in [-0.4, -0.2) is 32.3 Å². The van der Waals surface area contributed by atoms with E-state index in [1.54, 1.807) is 6.92 Å². The fourth-order valence-electron chi connectivity index (χ4n) is 3.61. The molecule has 0 unspecified atom stereocenters. The molecule has 7 nitrogen and oxygen atoms in total. The molecule has 1 aliphatic rings. The minimum atomic E-state index is -0.488. The molecule has 0 atom stereocenters. The molecule has 0 spiro atoms. The molecule has 3 rings (SSSR count). The zero-order valence-electron chi connectivity index (χ0n) is 15.8. The second kappa shape index (κ2) is 7.73.